The first-order valence-electron chi connectivity index (χ1n) is 4.38. The summed E-state index contributed by atoms with van der Waals surface area (Å²) in [6.45, 7) is 6.03. The summed E-state index contributed by atoms with van der Waals surface area (Å²) in [5.41, 5.74) is 0.265. The first kappa shape index (κ1) is 9.85. The Labute approximate surface area is 78.7 Å². The van der Waals surface area contributed by atoms with Crippen LogP contribution in [0.15, 0.2) is 0 Å². The van der Waals surface area contributed by atoms with E-state index >= 15 is 0 Å². The molecule has 1 saturated carbocycles. The molecule has 1 aliphatic rings. The fraction of sp³-hybridized carbons (Fsp3) is 0.889. The van der Waals surface area contributed by atoms with Crippen molar-refractivity contribution < 1.29 is 4.79 Å². The molecule has 1 fully saturated rings. The highest BCUT2D eigenvalue weighted by molar-refractivity contribution is 6.30. The highest BCUT2D eigenvalue weighted by Gasteiger charge is 2.39. The van der Waals surface area contributed by atoms with Gasteiger partial charge >= 0.3 is 0 Å². The van der Waals surface area contributed by atoms with Crippen molar-refractivity contribution in [3.05, 3.63) is 0 Å². The minimum absolute atomic E-state index is 0.0468. The van der Waals surface area contributed by atoms with Crippen LogP contribution in [0.25, 0.3) is 0 Å². The van der Waals surface area contributed by atoms with Crippen molar-refractivity contribution in [2.24, 2.45) is 5.41 Å². The molecule has 0 aromatic rings. The Morgan fingerprint density at radius 3 is 2.50 bits per heavy atom. The third-order valence-electron chi connectivity index (χ3n) is 2.70. The standard InChI is InChI=1S/C9H16ClNO/c1-6(10)8(12)11-7-4-5-9(7,2)3/h6-7H,4-5H2,1-3H3,(H,11,12). The molecule has 70 valence electrons. The quantitative estimate of drug-likeness (QED) is 0.661. The van der Waals surface area contributed by atoms with Crippen LogP contribution in [-0.2, 0) is 4.79 Å². The van der Waals surface area contributed by atoms with Crippen molar-refractivity contribution in [1.82, 2.24) is 5.32 Å². The van der Waals surface area contributed by atoms with Crippen molar-refractivity contribution in [2.45, 2.75) is 45.0 Å². The molecule has 0 bridgehead atoms. The molecule has 0 radical (unpaired) electrons. The Morgan fingerprint density at radius 1 is 1.67 bits per heavy atom. The molecular formula is C9H16ClNO. The third-order valence-corrected chi connectivity index (χ3v) is 2.90. The number of carbonyl (C=O) groups excluding carboxylic acids is 1. The van der Waals surface area contributed by atoms with E-state index in [2.05, 4.69) is 19.2 Å². The largest absolute Gasteiger partial charge is 0.352 e. The van der Waals surface area contributed by atoms with E-state index in [1.54, 1.807) is 6.92 Å². The van der Waals surface area contributed by atoms with Crippen LogP contribution in [0.3, 0.4) is 0 Å². The van der Waals surface area contributed by atoms with E-state index in [0.717, 1.165) is 6.42 Å². The third kappa shape index (κ3) is 1.92. The van der Waals surface area contributed by atoms with E-state index in [4.69, 9.17) is 11.6 Å². The summed E-state index contributed by atoms with van der Waals surface area (Å²) < 4.78 is 0. The number of halogens is 1. The summed E-state index contributed by atoms with van der Waals surface area (Å²) >= 11 is 5.63. The van der Waals surface area contributed by atoms with Gasteiger partial charge in [-0.1, -0.05) is 13.8 Å². The van der Waals surface area contributed by atoms with Gasteiger partial charge in [0, 0.05) is 6.04 Å². The molecule has 1 N–H and O–H groups in total. The van der Waals surface area contributed by atoms with Crippen molar-refractivity contribution in [3.63, 3.8) is 0 Å². The maximum atomic E-state index is 11.2. The number of hydrogen-bond donors (Lipinski definition) is 1. The molecule has 2 atom stereocenters. The van der Waals surface area contributed by atoms with Gasteiger partial charge in [0.2, 0.25) is 5.91 Å². The predicted molar refractivity (Wildman–Crippen MR) is 50.3 cm³/mol. The van der Waals surface area contributed by atoms with Gasteiger partial charge in [0.15, 0.2) is 0 Å². The Morgan fingerprint density at radius 2 is 2.25 bits per heavy atom. The average molecular weight is 190 g/mol. The fourth-order valence-electron chi connectivity index (χ4n) is 1.42. The van der Waals surface area contributed by atoms with Gasteiger partial charge in [-0.2, -0.15) is 0 Å². The Kier molecular flexibility index (Phi) is 2.67. The van der Waals surface area contributed by atoms with Crippen LogP contribution in [0, 0.1) is 5.41 Å². The molecule has 1 aliphatic carbocycles. The lowest BCUT2D eigenvalue weighted by molar-refractivity contribution is -0.123. The Balaban J connectivity index is 2.38. The zero-order chi connectivity index (χ0) is 9.35. The minimum Gasteiger partial charge on any atom is -0.352 e. The Hall–Kier alpha value is -0.240. The molecule has 1 amide bonds. The molecule has 3 heteroatoms. The monoisotopic (exact) mass is 189 g/mol. The van der Waals surface area contributed by atoms with E-state index in [1.807, 2.05) is 0 Å². The fourth-order valence-corrected chi connectivity index (χ4v) is 1.48. The van der Waals surface area contributed by atoms with E-state index in [-0.39, 0.29) is 11.3 Å². The predicted octanol–water partition coefficient (Wildman–Crippen LogP) is 1.92. The zero-order valence-corrected chi connectivity index (χ0v) is 8.61. The van der Waals surface area contributed by atoms with Gasteiger partial charge in [-0.15, -0.1) is 11.6 Å². The van der Waals surface area contributed by atoms with Crippen LogP contribution in [-0.4, -0.2) is 17.3 Å². The summed E-state index contributed by atoms with van der Waals surface area (Å²) in [6.07, 6.45) is 2.27. The van der Waals surface area contributed by atoms with E-state index in [0.29, 0.717) is 6.04 Å². The van der Waals surface area contributed by atoms with Gasteiger partial charge in [0.1, 0.15) is 5.38 Å². The first-order valence-corrected chi connectivity index (χ1v) is 4.81. The van der Waals surface area contributed by atoms with Crippen LogP contribution in [0.4, 0.5) is 0 Å². The zero-order valence-electron chi connectivity index (χ0n) is 7.86. The second-order valence-electron chi connectivity index (χ2n) is 4.20. The van der Waals surface area contributed by atoms with Crippen LogP contribution in [0.5, 0.6) is 0 Å². The van der Waals surface area contributed by atoms with Gasteiger partial charge in [0.05, 0.1) is 0 Å². The van der Waals surface area contributed by atoms with Gasteiger partial charge < -0.3 is 5.32 Å². The molecule has 1 rings (SSSR count). The highest BCUT2D eigenvalue weighted by Crippen LogP contribution is 2.39. The molecule has 0 heterocycles. The summed E-state index contributed by atoms with van der Waals surface area (Å²) in [6, 6.07) is 0.325. The smallest absolute Gasteiger partial charge is 0.238 e. The van der Waals surface area contributed by atoms with Crippen molar-refractivity contribution in [2.75, 3.05) is 0 Å². The van der Waals surface area contributed by atoms with Crippen molar-refractivity contribution in [3.8, 4) is 0 Å². The Bertz CT molecular complexity index is 189. The lowest BCUT2D eigenvalue weighted by Crippen LogP contribution is -2.53. The molecule has 0 spiro atoms. The van der Waals surface area contributed by atoms with Crippen molar-refractivity contribution in [1.29, 1.82) is 0 Å². The maximum Gasteiger partial charge on any atom is 0.238 e. The summed E-state index contributed by atoms with van der Waals surface area (Å²) in [5, 5.41) is 2.52. The van der Waals surface area contributed by atoms with Crippen LogP contribution >= 0.6 is 11.6 Å². The topological polar surface area (TPSA) is 29.1 Å². The number of carbonyl (C=O) groups is 1. The number of alkyl halides is 1. The van der Waals surface area contributed by atoms with Crippen LogP contribution in [0.1, 0.15) is 33.6 Å². The average Bonchev–Trinajstić information content (AvgIpc) is 1.97. The highest BCUT2D eigenvalue weighted by atomic mass is 35.5. The number of nitrogens with one attached hydrogen (secondary N) is 1. The van der Waals surface area contributed by atoms with Gasteiger partial charge in [0.25, 0.3) is 0 Å². The molecule has 12 heavy (non-hydrogen) atoms. The lowest BCUT2D eigenvalue weighted by Gasteiger charge is -2.44. The number of amides is 1. The van der Waals surface area contributed by atoms with E-state index in [1.165, 1.54) is 6.42 Å². The number of hydrogen-bond acceptors (Lipinski definition) is 1. The molecule has 2 nitrogen and oxygen atoms in total. The molecule has 0 aliphatic heterocycles. The number of rotatable bonds is 2. The lowest BCUT2D eigenvalue weighted by atomic mass is 9.67. The minimum atomic E-state index is -0.415. The van der Waals surface area contributed by atoms with Gasteiger partial charge in [-0.05, 0) is 25.2 Å². The van der Waals surface area contributed by atoms with Gasteiger partial charge in [-0.3, -0.25) is 4.79 Å². The SMILES string of the molecule is CC(Cl)C(=O)NC1CCC1(C)C. The van der Waals surface area contributed by atoms with Crippen molar-refractivity contribution >= 4 is 17.5 Å². The van der Waals surface area contributed by atoms with Gasteiger partial charge in [-0.25, -0.2) is 0 Å². The molecule has 0 aromatic heterocycles. The molecule has 0 aromatic carbocycles. The second-order valence-corrected chi connectivity index (χ2v) is 4.86. The summed E-state index contributed by atoms with van der Waals surface area (Å²) in [5.74, 6) is -0.0468. The normalized spacial score (nSPS) is 28.8. The van der Waals surface area contributed by atoms with E-state index < -0.39 is 5.38 Å². The molecule has 2 unspecified atom stereocenters. The van der Waals surface area contributed by atoms with Crippen LogP contribution < -0.4 is 5.32 Å². The summed E-state index contributed by atoms with van der Waals surface area (Å²) in [7, 11) is 0. The summed E-state index contributed by atoms with van der Waals surface area (Å²) in [4.78, 5) is 11.2. The maximum absolute atomic E-state index is 11.2. The van der Waals surface area contributed by atoms with E-state index in [9.17, 15) is 4.79 Å². The molecule has 0 saturated heterocycles. The van der Waals surface area contributed by atoms with Crippen LogP contribution in [0.2, 0.25) is 0 Å². The molecular weight excluding hydrogens is 174 g/mol. The first-order chi connectivity index (χ1) is 5.43. The second kappa shape index (κ2) is 3.25.